The molecule has 6 heteroatoms. The smallest absolute Gasteiger partial charge is 0.334 e. The molecule has 0 saturated heterocycles. The largest absolute Gasteiger partial charge is 0.478 e. The van der Waals surface area contributed by atoms with Crippen molar-refractivity contribution in [1.82, 2.24) is 5.32 Å². The van der Waals surface area contributed by atoms with Crippen LogP contribution in [0.4, 0.5) is 0 Å². The molecule has 1 aromatic carbocycles. The van der Waals surface area contributed by atoms with Crippen LogP contribution >= 0.6 is 11.3 Å². The van der Waals surface area contributed by atoms with Crippen LogP contribution in [0.25, 0.3) is 10.1 Å². The molecule has 0 atom stereocenters. The summed E-state index contributed by atoms with van der Waals surface area (Å²) in [4.78, 5) is 24.7. The quantitative estimate of drug-likeness (QED) is 0.792. The van der Waals surface area contributed by atoms with Gasteiger partial charge >= 0.3 is 11.9 Å². The highest BCUT2D eigenvalue weighted by atomic mass is 32.1. The minimum absolute atomic E-state index is 0.0876. The Morgan fingerprint density at radius 3 is 2.08 bits per heavy atom. The van der Waals surface area contributed by atoms with Crippen molar-refractivity contribution < 1.29 is 19.8 Å². The van der Waals surface area contributed by atoms with Crippen molar-refractivity contribution in [3.8, 4) is 0 Å². The highest BCUT2D eigenvalue weighted by Gasteiger charge is 2.38. The number of allylic oxidation sites excluding steroid dienone is 2. The number of aryl methyl sites for hydroxylation is 1. The zero-order valence-corrected chi connectivity index (χ0v) is 14.3. The van der Waals surface area contributed by atoms with Crippen molar-refractivity contribution >= 4 is 33.4 Å². The average molecular weight is 343 g/mol. The van der Waals surface area contributed by atoms with E-state index in [9.17, 15) is 19.8 Å². The summed E-state index contributed by atoms with van der Waals surface area (Å²) in [5.74, 6) is -3.01. The molecular weight excluding hydrogens is 326 g/mol. The Hall–Kier alpha value is -2.60. The maximum absolute atomic E-state index is 11.9. The van der Waals surface area contributed by atoms with Crippen molar-refractivity contribution in [2.45, 2.75) is 26.7 Å². The number of hydrogen-bond acceptors (Lipinski definition) is 4. The van der Waals surface area contributed by atoms with E-state index in [1.165, 1.54) is 0 Å². The van der Waals surface area contributed by atoms with Gasteiger partial charge in [-0.05, 0) is 37.8 Å². The van der Waals surface area contributed by atoms with E-state index in [1.807, 2.05) is 31.2 Å². The van der Waals surface area contributed by atoms with Crippen LogP contribution in [0.2, 0.25) is 0 Å². The standard InChI is InChI=1S/C18H17NO4S/c1-8-13(17(20)21)16(14(18(22)23)9(2)19-8)15-10(3)24-12-7-5-4-6-11(12)15/h4-7,16,19H,1-3H3,(H,20,21)(H,22,23). The highest BCUT2D eigenvalue weighted by molar-refractivity contribution is 7.19. The van der Waals surface area contributed by atoms with E-state index in [-0.39, 0.29) is 11.1 Å². The number of carboxylic acid groups (broad SMARTS) is 2. The number of benzene rings is 1. The van der Waals surface area contributed by atoms with Crippen LogP contribution in [-0.4, -0.2) is 22.2 Å². The van der Waals surface area contributed by atoms with Gasteiger partial charge in [0.15, 0.2) is 0 Å². The van der Waals surface area contributed by atoms with Crippen molar-refractivity contribution in [1.29, 1.82) is 0 Å². The third kappa shape index (κ3) is 2.39. The number of nitrogens with one attached hydrogen (secondary N) is 1. The van der Waals surface area contributed by atoms with Gasteiger partial charge in [-0.15, -0.1) is 11.3 Å². The summed E-state index contributed by atoms with van der Waals surface area (Å²) in [7, 11) is 0. The van der Waals surface area contributed by atoms with Crippen LogP contribution in [0.1, 0.15) is 30.2 Å². The first-order valence-corrected chi connectivity index (χ1v) is 8.27. The number of dihydropyridines is 1. The van der Waals surface area contributed by atoms with Crippen molar-refractivity contribution in [3.63, 3.8) is 0 Å². The van der Waals surface area contributed by atoms with E-state index in [0.717, 1.165) is 20.5 Å². The highest BCUT2D eigenvalue weighted by Crippen LogP contribution is 2.45. The Morgan fingerprint density at radius 2 is 1.54 bits per heavy atom. The zero-order chi connectivity index (χ0) is 17.6. The van der Waals surface area contributed by atoms with Crippen LogP contribution in [0.5, 0.6) is 0 Å². The first kappa shape index (κ1) is 16.3. The van der Waals surface area contributed by atoms with E-state index in [4.69, 9.17) is 0 Å². The first-order valence-electron chi connectivity index (χ1n) is 7.46. The number of fused-ring (bicyclic) bond motifs is 1. The molecule has 0 aliphatic carbocycles. The van der Waals surface area contributed by atoms with Crippen LogP contribution in [0.15, 0.2) is 46.8 Å². The SMILES string of the molecule is CC1=C(C(=O)O)C(c2c(C)sc3ccccc23)C(C(=O)O)=C(C)N1. The maximum Gasteiger partial charge on any atom is 0.334 e. The Labute approximate surface area is 142 Å². The molecule has 0 amide bonds. The number of thiophene rings is 1. The summed E-state index contributed by atoms with van der Waals surface area (Å²) in [6.45, 7) is 5.25. The fourth-order valence-corrected chi connectivity index (χ4v) is 4.50. The summed E-state index contributed by atoms with van der Waals surface area (Å²) in [5, 5.41) is 23.2. The molecular formula is C18H17NO4S. The molecule has 0 bridgehead atoms. The lowest BCUT2D eigenvalue weighted by molar-refractivity contribution is -0.133. The van der Waals surface area contributed by atoms with Crippen LogP contribution in [0.3, 0.4) is 0 Å². The van der Waals surface area contributed by atoms with Crippen LogP contribution in [0, 0.1) is 6.92 Å². The topological polar surface area (TPSA) is 86.6 Å². The maximum atomic E-state index is 11.9. The van der Waals surface area contributed by atoms with Gasteiger partial charge in [-0.1, -0.05) is 18.2 Å². The van der Waals surface area contributed by atoms with Crippen LogP contribution in [-0.2, 0) is 9.59 Å². The molecule has 1 aliphatic heterocycles. The molecule has 24 heavy (non-hydrogen) atoms. The molecule has 1 aliphatic rings. The van der Waals surface area contributed by atoms with Gasteiger partial charge < -0.3 is 15.5 Å². The van der Waals surface area contributed by atoms with E-state index in [1.54, 1.807) is 25.2 Å². The Kier molecular flexibility index (Phi) is 3.93. The van der Waals surface area contributed by atoms with Gasteiger partial charge in [0.05, 0.1) is 17.1 Å². The monoisotopic (exact) mass is 343 g/mol. The summed E-state index contributed by atoms with van der Waals surface area (Å²) >= 11 is 1.55. The molecule has 3 N–H and O–H groups in total. The molecule has 5 nitrogen and oxygen atoms in total. The van der Waals surface area contributed by atoms with Crippen LogP contribution < -0.4 is 5.32 Å². The third-order valence-electron chi connectivity index (χ3n) is 4.33. The molecule has 2 heterocycles. The first-order chi connectivity index (χ1) is 11.3. The number of carbonyl (C=O) groups is 2. The second kappa shape index (κ2) is 5.79. The predicted octanol–water partition coefficient (Wildman–Crippen LogP) is 3.61. The zero-order valence-electron chi connectivity index (χ0n) is 13.5. The Balaban J connectivity index is 2.38. The molecule has 0 radical (unpaired) electrons. The van der Waals surface area contributed by atoms with Gasteiger partial charge in [-0.25, -0.2) is 9.59 Å². The minimum atomic E-state index is -1.11. The van der Waals surface area contributed by atoms with Gasteiger partial charge in [0.1, 0.15) is 0 Å². The second-order valence-corrected chi connectivity index (χ2v) is 7.07. The lowest BCUT2D eigenvalue weighted by atomic mass is 9.79. The fourth-order valence-electron chi connectivity index (χ4n) is 3.40. The lowest BCUT2D eigenvalue weighted by Gasteiger charge is -2.29. The van der Waals surface area contributed by atoms with E-state index < -0.39 is 17.9 Å². The Morgan fingerprint density at radius 1 is 1.00 bits per heavy atom. The minimum Gasteiger partial charge on any atom is -0.478 e. The summed E-state index contributed by atoms with van der Waals surface area (Å²) in [6, 6.07) is 7.68. The lowest BCUT2D eigenvalue weighted by Crippen LogP contribution is -2.31. The predicted molar refractivity (Wildman–Crippen MR) is 93.1 cm³/mol. The van der Waals surface area contributed by atoms with Gasteiger partial charge in [0.25, 0.3) is 0 Å². The molecule has 0 saturated carbocycles. The molecule has 1 aromatic heterocycles. The number of hydrogen-bond donors (Lipinski definition) is 3. The summed E-state index contributed by atoms with van der Waals surface area (Å²) in [6.07, 6.45) is 0. The van der Waals surface area contributed by atoms with E-state index >= 15 is 0 Å². The van der Waals surface area contributed by atoms with E-state index in [0.29, 0.717) is 11.4 Å². The van der Waals surface area contributed by atoms with Gasteiger partial charge in [0, 0.05) is 21.0 Å². The fraction of sp³-hybridized carbons (Fsp3) is 0.222. The molecule has 3 rings (SSSR count). The van der Waals surface area contributed by atoms with Gasteiger partial charge in [0.2, 0.25) is 0 Å². The third-order valence-corrected chi connectivity index (χ3v) is 5.43. The molecule has 0 fully saturated rings. The number of aliphatic carboxylic acids is 2. The molecule has 124 valence electrons. The molecule has 0 unspecified atom stereocenters. The van der Waals surface area contributed by atoms with Crippen molar-refractivity contribution in [2.75, 3.05) is 0 Å². The number of carboxylic acids is 2. The van der Waals surface area contributed by atoms with Gasteiger partial charge in [-0.2, -0.15) is 0 Å². The van der Waals surface area contributed by atoms with Crippen molar-refractivity contribution in [2.24, 2.45) is 0 Å². The summed E-state index contributed by atoms with van der Waals surface area (Å²) in [5.41, 5.74) is 1.90. The van der Waals surface area contributed by atoms with Gasteiger partial charge in [-0.3, -0.25) is 0 Å². The summed E-state index contributed by atoms with van der Waals surface area (Å²) < 4.78 is 1.02. The van der Waals surface area contributed by atoms with Crippen molar-refractivity contribution in [3.05, 3.63) is 57.2 Å². The van der Waals surface area contributed by atoms with E-state index in [2.05, 4.69) is 5.32 Å². The Bertz CT molecular complexity index is 900. The second-order valence-electron chi connectivity index (χ2n) is 5.81. The normalized spacial score (nSPS) is 15.8. The molecule has 0 spiro atoms. The number of rotatable bonds is 3. The molecule has 2 aromatic rings. The average Bonchev–Trinajstić information content (AvgIpc) is 2.80.